The van der Waals surface area contributed by atoms with Crippen molar-refractivity contribution in [2.24, 2.45) is 0 Å². The monoisotopic (exact) mass is 251 g/mol. The van der Waals surface area contributed by atoms with Crippen LogP contribution in [0.3, 0.4) is 0 Å². The average Bonchev–Trinajstić information content (AvgIpc) is 2.17. The highest BCUT2D eigenvalue weighted by molar-refractivity contribution is 8.00. The predicted octanol–water partition coefficient (Wildman–Crippen LogP) is 2.76. The van der Waals surface area contributed by atoms with Crippen molar-refractivity contribution in [2.75, 3.05) is 17.6 Å². The molecule has 90 valence electrons. The maximum absolute atomic E-state index is 11.8. The fourth-order valence-electron chi connectivity index (χ4n) is 0.973. The summed E-state index contributed by atoms with van der Waals surface area (Å²) in [4.78, 5) is 8.19. The van der Waals surface area contributed by atoms with Gasteiger partial charge < -0.3 is 5.32 Å². The zero-order chi connectivity index (χ0) is 12.2. The fraction of sp³-hybridized carbons (Fsp3) is 0.556. The quantitative estimate of drug-likeness (QED) is 0.835. The number of anilines is 1. The smallest absolute Gasteiger partial charge is 0.368 e. The Morgan fingerprint density at radius 2 is 2.00 bits per heavy atom. The van der Waals surface area contributed by atoms with Crippen LogP contribution in [-0.4, -0.2) is 27.8 Å². The topological polar surface area (TPSA) is 37.8 Å². The Morgan fingerprint density at radius 3 is 2.56 bits per heavy atom. The number of nitrogens with one attached hydrogen (secondary N) is 1. The second kappa shape index (κ2) is 5.38. The first-order valence-electron chi connectivity index (χ1n) is 4.63. The van der Waals surface area contributed by atoms with E-state index in [-0.39, 0.29) is 24.1 Å². The summed E-state index contributed by atoms with van der Waals surface area (Å²) >= 11 is -0.0505. The van der Waals surface area contributed by atoms with E-state index in [2.05, 4.69) is 15.3 Å². The van der Waals surface area contributed by atoms with Crippen molar-refractivity contribution in [3.63, 3.8) is 0 Å². The van der Waals surface area contributed by atoms with E-state index in [9.17, 15) is 13.2 Å². The van der Waals surface area contributed by atoms with Crippen LogP contribution in [0.15, 0.2) is 6.20 Å². The highest BCUT2D eigenvalue weighted by Gasteiger charge is 2.27. The number of aryl methyl sites for hydroxylation is 2. The first-order chi connectivity index (χ1) is 7.38. The van der Waals surface area contributed by atoms with Crippen LogP contribution in [-0.2, 0) is 0 Å². The minimum Gasteiger partial charge on any atom is -0.368 e. The number of rotatable bonds is 4. The molecular weight excluding hydrogens is 239 g/mol. The Balaban J connectivity index is 2.35. The second-order valence-corrected chi connectivity index (χ2v) is 4.31. The highest BCUT2D eigenvalue weighted by atomic mass is 32.2. The Kier molecular flexibility index (Phi) is 4.40. The first-order valence-corrected chi connectivity index (χ1v) is 5.62. The van der Waals surface area contributed by atoms with Gasteiger partial charge in [-0.05, 0) is 25.6 Å². The SMILES string of the molecule is Cc1ncc(NCCSC(F)(F)F)nc1C. The van der Waals surface area contributed by atoms with Crippen molar-refractivity contribution in [3.8, 4) is 0 Å². The van der Waals surface area contributed by atoms with Crippen LogP contribution in [0.25, 0.3) is 0 Å². The Morgan fingerprint density at radius 1 is 1.31 bits per heavy atom. The van der Waals surface area contributed by atoms with Gasteiger partial charge in [0.25, 0.3) is 0 Å². The Labute approximate surface area is 95.9 Å². The van der Waals surface area contributed by atoms with Gasteiger partial charge in [0.1, 0.15) is 5.82 Å². The molecule has 0 bridgehead atoms. The number of nitrogens with zero attached hydrogens (tertiary/aromatic N) is 2. The van der Waals surface area contributed by atoms with E-state index in [4.69, 9.17) is 0 Å². The van der Waals surface area contributed by atoms with Gasteiger partial charge in [0.15, 0.2) is 0 Å². The number of thioether (sulfide) groups is 1. The van der Waals surface area contributed by atoms with Crippen molar-refractivity contribution < 1.29 is 13.2 Å². The molecule has 7 heteroatoms. The van der Waals surface area contributed by atoms with Crippen LogP contribution < -0.4 is 5.32 Å². The van der Waals surface area contributed by atoms with Gasteiger partial charge in [-0.1, -0.05) is 0 Å². The summed E-state index contributed by atoms with van der Waals surface area (Å²) in [5.41, 5.74) is -2.58. The molecule has 0 radical (unpaired) electrons. The van der Waals surface area contributed by atoms with Crippen LogP contribution in [0.4, 0.5) is 19.0 Å². The predicted molar refractivity (Wildman–Crippen MR) is 58.5 cm³/mol. The minimum atomic E-state index is -4.17. The molecule has 1 heterocycles. The van der Waals surface area contributed by atoms with E-state index in [0.717, 1.165) is 11.4 Å². The van der Waals surface area contributed by atoms with E-state index in [0.29, 0.717) is 5.82 Å². The highest BCUT2D eigenvalue weighted by Crippen LogP contribution is 2.29. The molecule has 3 nitrogen and oxygen atoms in total. The summed E-state index contributed by atoms with van der Waals surface area (Å²) in [7, 11) is 0. The van der Waals surface area contributed by atoms with Crippen molar-refractivity contribution in [1.82, 2.24) is 9.97 Å². The lowest BCUT2D eigenvalue weighted by Gasteiger charge is -2.08. The summed E-state index contributed by atoms with van der Waals surface area (Å²) in [6.45, 7) is 3.84. The van der Waals surface area contributed by atoms with Gasteiger partial charge in [-0.2, -0.15) is 13.2 Å². The van der Waals surface area contributed by atoms with E-state index >= 15 is 0 Å². The number of alkyl halides is 3. The summed E-state index contributed by atoms with van der Waals surface area (Å²) in [6, 6.07) is 0. The lowest BCUT2D eigenvalue weighted by molar-refractivity contribution is -0.0327. The molecule has 1 aromatic heterocycles. The largest absolute Gasteiger partial charge is 0.441 e. The second-order valence-electron chi connectivity index (χ2n) is 3.15. The summed E-state index contributed by atoms with van der Waals surface area (Å²) < 4.78 is 35.4. The van der Waals surface area contributed by atoms with Crippen LogP contribution in [0.1, 0.15) is 11.4 Å². The lowest BCUT2D eigenvalue weighted by atomic mass is 10.3. The van der Waals surface area contributed by atoms with Gasteiger partial charge in [-0.3, -0.25) is 4.98 Å². The molecule has 1 rings (SSSR count). The van der Waals surface area contributed by atoms with Gasteiger partial charge >= 0.3 is 5.51 Å². The van der Waals surface area contributed by atoms with Crippen LogP contribution in [0, 0.1) is 13.8 Å². The normalized spacial score (nSPS) is 11.6. The molecule has 16 heavy (non-hydrogen) atoms. The third-order valence-electron chi connectivity index (χ3n) is 1.87. The molecule has 0 aliphatic heterocycles. The maximum Gasteiger partial charge on any atom is 0.441 e. The molecule has 0 atom stereocenters. The molecule has 0 aliphatic carbocycles. The van der Waals surface area contributed by atoms with Gasteiger partial charge in [0.2, 0.25) is 0 Å². The molecule has 0 aromatic carbocycles. The van der Waals surface area contributed by atoms with Crippen molar-refractivity contribution in [3.05, 3.63) is 17.6 Å². The molecule has 0 saturated heterocycles. The van der Waals surface area contributed by atoms with Crippen molar-refractivity contribution >= 4 is 17.6 Å². The molecular formula is C9H12F3N3S. The number of aromatic nitrogens is 2. The van der Waals surface area contributed by atoms with Gasteiger partial charge in [0, 0.05) is 12.3 Å². The summed E-state index contributed by atoms with van der Waals surface area (Å²) in [5.74, 6) is 0.462. The zero-order valence-electron chi connectivity index (χ0n) is 8.93. The van der Waals surface area contributed by atoms with Crippen molar-refractivity contribution in [1.29, 1.82) is 0 Å². The van der Waals surface area contributed by atoms with Gasteiger partial charge in [-0.25, -0.2) is 4.98 Å². The maximum atomic E-state index is 11.8. The number of halogens is 3. The molecule has 1 N–H and O–H groups in total. The number of hydrogen-bond donors (Lipinski definition) is 1. The van der Waals surface area contributed by atoms with Crippen LogP contribution in [0.5, 0.6) is 0 Å². The lowest BCUT2D eigenvalue weighted by Crippen LogP contribution is -2.11. The molecule has 0 saturated carbocycles. The Bertz CT molecular complexity index is 354. The Hall–Kier alpha value is -0.980. The molecule has 0 fully saturated rings. The van der Waals surface area contributed by atoms with E-state index in [1.807, 2.05) is 6.92 Å². The first kappa shape index (κ1) is 13.1. The molecule has 0 spiro atoms. The van der Waals surface area contributed by atoms with Gasteiger partial charge in [0.05, 0.1) is 17.6 Å². The fourth-order valence-corrected chi connectivity index (χ4v) is 1.41. The molecule has 0 unspecified atom stereocenters. The zero-order valence-corrected chi connectivity index (χ0v) is 9.74. The van der Waals surface area contributed by atoms with E-state index in [1.165, 1.54) is 6.20 Å². The summed E-state index contributed by atoms with van der Waals surface area (Å²) in [6.07, 6.45) is 1.51. The number of hydrogen-bond acceptors (Lipinski definition) is 4. The summed E-state index contributed by atoms with van der Waals surface area (Å²) in [5, 5.41) is 2.79. The standard InChI is InChI=1S/C9H12F3N3S/c1-6-7(2)15-8(5-14-6)13-3-4-16-9(10,11)12/h5H,3-4H2,1-2H3,(H,13,15). The van der Waals surface area contributed by atoms with Crippen LogP contribution in [0.2, 0.25) is 0 Å². The molecule has 0 aliphatic rings. The minimum absolute atomic E-state index is 0.0435. The van der Waals surface area contributed by atoms with Crippen molar-refractivity contribution in [2.45, 2.75) is 19.4 Å². The third kappa shape index (κ3) is 4.69. The molecule has 0 amide bonds. The average molecular weight is 251 g/mol. The molecule has 1 aromatic rings. The third-order valence-corrected chi connectivity index (χ3v) is 2.60. The van der Waals surface area contributed by atoms with E-state index in [1.54, 1.807) is 6.92 Å². The van der Waals surface area contributed by atoms with Gasteiger partial charge in [-0.15, -0.1) is 0 Å². The van der Waals surface area contributed by atoms with Crippen LogP contribution >= 0.6 is 11.8 Å². The van der Waals surface area contributed by atoms with E-state index < -0.39 is 5.51 Å².